The zero-order valence-electron chi connectivity index (χ0n) is 10.3. The van der Waals surface area contributed by atoms with Gasteiger partial charge in [-0.15, -0.1) is 0 Å². The molecular weight excluding hydrogens is 222 g/mol. The van der Waals surface area contributed by atoms with E-state index < -0.39 is 0 Å². The SMILES string of the molecule is N[C@H]1CCc2c(OCc3ccccc3)cccc21. The van der Waals surface area contributed by atoms with Crippen molar-refractivity contribution in [1.82, 2.24) is 0 Å². The van der Waals surface area contributed by atoms with Gasteiger partial charge in [0.05, 0.1) is 0 Å². The van der Waals surface area contributed by atoms with E-state index in [1.54, 1.807) is 0 Å². The maximum absolute atomic E-state index is 6.07. The Kier molecular flexibility index (Phi) is 3.03. The van der Waals surface area contributed by atoms with Crippen LogP contribution in [0.1, 0.15) is 29.2 Å². The highest BCUT2D eigenvalue weighted by Gasteiger charge is 2.21. The van der Waals surface area contributed by atoms with E-state index in [-0.39, 0.29) is 6.04 Å². The van der Waals surface area contributed by atoms with E-state index in [1.807, 2.05) is 30.3 Å². The van der Waals surface area contributed by atoms with Crippen molar-refractivity contribution in [1.29, 1.82) is 0 Å². The van der Waals surface area contributed by atoms with Crippen LogP contribution in [0.2, 0.25) is 0 Å². The van der Waals surface area contributed by atoms with Crippen LogP contribution in [0, 0.1) is 0 Å². The zero-order valence-corrected chi connectivity index (χ0v) is 10.3. The molecule has 0 aliphatic heterocycles. The Hall–Kier alpha value is -1.80. The van der Waals surface area contributed by atoms with E-state index >= 15 is 0 Å². The van der Waals surface area contributed by atoms with Crippen molar-refractivity contribution < 1.29 is 4.74 Å². The van der Waals surface area contributed by atoms with Gasteiger partial charge < -0.3 is 10.5 Å². The molecule has 2 aromatic carbocycles. The summed E-state index contributed by atoms with van der Waals surface area (Å²) < 4.78 is 5.93. The number of nitrogens with two attached hydrogens (primary N) is 1. The second kappa shape index (κ2) is 4.83. The summed E-state index contributed by atoms with van der Waals surface area (Å²) in [5.41, 5.74) is 9.80. The van der Waals surface area contributed by atoms with Crippen molar-refractivity contribution in [2.45, 2.75) is 25.5 Å². The van der Waals surface area contributed by atoms with Crippen LogP contribution >= 0.6 is 0 Å². The molecule has 0 amide bonds. The fourth-order valence-corrected chi connectivity index (χ4v) is 2.52. The second-order valence-electron chi connectivity index (χ2n) is 4.74. The van der Waals surface area contributed by atoms with Crippen LogP contribution in [0.3, 0.4) is 0 Å². The minimum absolute atomic E-state index is 0.181. The highest BCUT2D eigenvalue weighted by molar-refractivity contribution is 5.45. The molecule has 2 N–H and O–H groups in total. The molecule has 0 fully saturated rings. The summed E-state index contributed by atoms with van der Waals surface area (Å²) >= 11 is 0. The van der Waals surface area contributed by atoms with E-state index in [0.29, 0.717) is 6.61 Å². The maximum atomic E-state index is 6.07. The first kappa shape index (κ1) is 11.3. The molecule has 0 saturated carbocycles. The Labute approximate surface area is 107 Å². The van der Waals surface area contributed by atoms with E-state index in [2.05, 4.69) is 18.2 Å². The van der Waals surface area contributed by atoms with E-state index in [9.17, 15) is 0 Å². The van der Waals surface area contributed by atoms with Gasteiger partial charge in [-0.3, -0.25) is 0 Å². The molecule has 1 aliphatic carbocycles. The summed E-state index contributed by atoms with van der Waals surface area (Å²) in [6.45, 7) is 0.618. The highest BCUT2D eigenvalue weighted by Crippen LogP contribution is 2.35. The largest absolute Gasteiger partial charge is 0.489 e. The summed E-state index contributed by atoms with van der Waals surface area (Å²) in [7, 11) is 0. The van der Waals surface area contributed by atoms with E-state index in [0.717, 1.165) is 18.6 Å². The Balaban J connectivity index is 1.78. The summed E-state index contributed by atoms with van der Waals surface area (Å²) in [4.78, 5) is 0. The first-order valence-electron chi connectivity index (χ1n) is 6.38. The lowest BCUT2D eigenvalue weighted by Gasteiger charge is -2.11. The Morgan fingerprint density at radius 3 is 2.72 bits per heavy atom. The standard InChI is InChI=1S/C16H17NO/c17-15-10-9-14-13(15)7-4-8-16(14)18-11-12-5-2-1-3-6-12/h1-8,15H,9-11,17H2/t15-/m0/s1. The predicted molar refractivity (Wildman–Crippen MR) is 72.5 cm³/mol. The Bertz CT molecular complexity index is 536. The van der Waals surface area contributed by atoms with Crippen molar-refractivity contribution in [3.8, 4) is 5.75 Å². The van der Waals surface area contributed by atoms with Crippen molar-refractivity contribution in [3.63, 3.8) is 0 Å². The summed E-state index contributed by atoms with van der Waals surface area (Å²) in [5.74, 6) is 0.990. The van der Waals surface area contributed by atoms with Gasteiger partial charge in [0.2, 0.25) is 0 Å². The van der Waals surface area contributed by atoms with Crippen LogP contribution in [0.25, 0.3) is 0 Å². The Morgan fingerprint density at radius 2 is 1.89 bits per heavy atom. The van der Waals surface area contributed by atoms with Crippen molar-refractivity contribution >= 4 is 0 Å². The lowest BCUT2D eigenvalue weighted by molar-refractivity contribution is 0.303. The zero-order chi connectivity index (χ0) is 12.4. The monoisotopic (exact) mass is 239 g/mol. The molecule has 0 heterocycles. The molecule has 0 saturated heterocycles. The fourth-order valence-electron chi connectivity index (χ4n) is 2.52. The molecule has 0 aromatic heterocycles. The average molecular weight is 239 g/mol. The number of rotatable bonds is 3. The van der Waals surface area contributed by atoms with Gasteiger partial charge in [0, 0.05) is 6.04 Å². The van der Waals surface area contributed by atoms with Crippen LogP contribution in [0.15, 0.2) is 48.5 Å². The number of fused-ring (bicyclic) bond motifs is 1. The molecular formula is C16H17NO. The second-order valence-corrected chi connectivity index (χ2v) is 4.74. The first-order chi connectivity index (χ1) is 8.84. The van der Waals surface area contributed by atoms with Gasteiger partial charge in [-0.1, -0.05) is 42.5 Å². The van der Waals surface area contributed by atoms with Crippen LogP contribution in [0.5, 0.6) is 5.75 Å². The van der Waals surface area contributed by atoms with Crippen LogP contribution < -0.4 is 10.5 Å². The predicted octanol–water partition coefficient (Wildman–Crippen LogP) is 3.21. The molecule has 0 unspecified atom stereocenters. The van der Waals surface area contributed by atoms with Gasteiger partial charge in [0.1, 0.15) is 12.4 Å². The van der Waals surface area contributed by atoms with Crippen LogP contribution in [-0.4, -0.2) is 0 Å². The summed E-state index contributed by atoms with van der Waals surface area (Å²) in [5, 5.41) is 0. The lowest BCUT2D eigenvalue weighted by atomic mass is 10.1. The maximum Gasteiger partial charge on any atom is 0.123 e. The lowest BCUT2D eigenvalue weighted by Crippen LogP contribution is -2.05. The molecule has 0 spiro atoms. The van der Waals surface area contributed by atoms with Crippen molar-refractivity contribution in [3.05, 3.63) is 65.2 Å². The third kappa shape index (κ3) is 2.12. The van der Waals surface area contributed by atoms with Crippen molar-refractivity contribution in [2.24, 2.45) is 5.73 Å². The molecule has 0 radical (unpaired) electrons. The molecule has 2 nitrogen and oxygen atoms in total. The van der Waals surface area contributed by atoms with Gasteiger partial charge >= 0.3 is 0 Å². The molecule has 18 heavy (non-hydrogen) atoms. The average Bonchev–Trinajstić information content (AvgIpc) is 2.80. The van der Waals surface area contributed by atoms with Crippen molar-refractivity contribution in [2.75, 3.05) is 0 Å². The summed E-state index contributed by atoms with van der Waals surface area (Å²) in [6.07, 6.45) is 2.06. The number of ether oxygens (including phenoxy) is 1. The molecule has 92 valence electrons. The van der Waals surface area contributed by atoms with Gasteiger partial charge in [0.25, 0.3) is 0 Å². The normalized spacial score (nSPS) is 17.5. The number of hydrogen-bond donors (Lipinski definition) is 1. The first-order valence-corrected chi connectivity index (χ1v) is 6.38. The van der Waals surface area contributed by atoms with E-state index in [1.165, 1.54) is 16.7 Å². The number of benzene rings is 2. The molecule has 2 heteroatoms. The summed E-state index contributed by atoms with van der Waals surface area (Å²) in [6, 6.07) is 16.6. The fraction of sp³-hybridized carbons (Fsp3) is 0.250. The topological polar surface area (TPSA) is 35.2 Å². The smallest absolute Gasteiger partial charge is 0.123 e. The third-order valence-electron chi connectivity index (χ3n) is 3.51. The van der Waals surface area contributed by atoms with Crippen LogP contribution in [-0.2, 0) is 13.0 Å². The minimum atomic E-state index is 0.181. The quantitative estimate of drug-likeness (QED) is 0.892. The molecule has 1 aliphatic rings. The van der Waals surface area contributed by atoms with Gasteiger partial charge in [0.15, 0.2) is 0 Å². The van der Waals surface area contributed by atoms with Gasteiger partial charge in [-0.2, -0.15) is 0 Å². The third-order valence-corrected chi connectivity index (χ3v) is 3.51. The highest BCUT2D eigenvalue weighted by atomic mass is 16.5. The van der Waals surface area contributed by atoms with E-state index in [4.69, 9.17) is 10.5 Å². The molecule has 0 bridgehead atoms. The molecule has 2 aromatic rings. The molecule has 1 atom stereocenters. The minimum Gasteiger partial charge on any atom is -0.489 e. The Morgan fingerprint density at radius 1 is 1.06 bits per heavy atom. The van der Waals surface area contributed by atoms with Gasteiger partial charge in [-0.25, -0.2) is 0 Å². The van der Waals surface area contributed by atoms with Gasteiger partial charge in [-0.05, 0) is 35.6 Å². The van der Waals surface area contributed by atoms with Crippen LogP contribution in [0.4, 0.5) is 0 Å². The number of hydrogen-bond acceptors (Lipinski definition) is 2. The molecule has 3 rings (SSSR count).